The van der Waals surface area contributed by atoms with E-state index in [0.29, 0.717) is 5.11 Å². The molecule has 0 bridgehead atoms. The van der Waals surface area contributed by atoms with Crippen LogP contribution >= 0.6 is 12.2 Å². The van der Waals surface area contributed by atoms with Gasteiger partial charge in [0.25, 0.3) is 0 Å². The van der Waals surface area contributed by atoms with E-state index in [0.717, 1.165) is 39.6 Å². The first-order valence-electron chi connectivity index (χ1n) is 11.5. The fourth-order valence-electron chi connectivity index (χ4n) is 4.98. The minimum Gasteiger partial charge on any atom is -0.478 e. The molecule has 0 aliphatic carbocycles. The standard InChI is InChI=1S/C28H26N4O2S/c1-17-12-13-20(27(33)34)16-24(17)31-18(2)15-22(19(31)3)26-25(23-11-7-8-14-29-23)30-28(35)32(26)21-9-5-4-6-10-21/h4-16,25-26H,1-3H3,(H,30,35)(H,33,34)/t25-,26+/m1/s1. The fraction of sp³-hybridized carbons (Fsp3) is 0.179. The van der Waals surface area contributed by atoms with Crippen molar-refractivity contribution in [3.05, 3.63) is 113 Å². The smallest absolute Gasteiger partial charge is 0.335 e. The molecule has 0 spiro atoms. The van der Waals surface area contributed by atoms with Gasteiger partial charge in [0.1, 0.15) is 0 Å². The summed E-state index contributed by atoms with van der Waals surface area (Å²) in [6.45, 7) is 6.13. The van der Waals surface area contributed by atoms with Crippen LogP contribution < -0.4 is 10.2 Å². The molecule has 4 aromatic rings. The molecule has 2 aromatic heterocycles. The highest BCUT2D eigenvalue weighted by molar-refractivity contribution is 7.80. The third-order valence-corrected chi connectivity index (χ3v) is 6.93. The summed E-state index contributed by atoms with van der Waals surface area (Å²) in [5, 5.41) is 13.7. The Morgan fingerprint density at radius 3 is 2.43 bits per heavy atom. The predicted octanol–water partition coefficient (Wildman–Crippen LogP) is 5.67. The minimum absolute atomic E-state index is 0.136. The number of hydrogen-bond donors (Lipinski definition) is 2. The van der Waals surface area contributed by atoms with Crippen LogP contribution in [-0.2, 0) is 0 Å². The number of aryl methyl sites for hydroxylation is 2. The van der Waals surface area contributed by atoms with Gasteiger partial charge in [-0.25, -0.2) is 4.79 Å². The van der Waals surface area contributed by atoms with Crippen molar-refractivity contribution in [2.75, 3.05) is 4.90 Å². The van der Waals surface area contributed by atoms with Gasteiger partial charge in [0, 0.05) is 29.0 Å². The summed E-state index contributed by atoms with van der Waals surface area (Å²) < 4.78 is 2.14. The first-order valence-corrected chi connectivity index (χ1v) is 11.9. The number of hydrogen-bond acceptors (Lipinski definition) is 3. The van der Waals surface area contributed by atoms with Crippen molar-refractivity contribution < 1.29 is 9.90 Å². The van der Waals surface area contributed by atoms with Gasteiger partial charge in [0.15, 0.2) is 5.11 Å². The van der Waals surface area contributed by atoms with Crippen LogP contribution in [0, 0.1) is 20.8 Å². The number of aromatic carboxylic acids is 1. The van der Waals surface area contributed by atoms with Crippen molar-refractivity contribution in [3.63, 3.8) is 0 Å². The zero-order valence-corrected chi connectivity index (χ0v) is 20.6. The van der Waals surface area contributed by atoms with Crippen LogP contribution in [0.2, 0.25) is 0 Å². The molecule has 7 heteroatoms. The molecular formula is C28H26N4O2S. The fourth-order valence-corrected chi connectivity index (χ4v) is 5.32. The second-order valence-electron chi connectivity index (χ2n) is 8.80. The van der Waals surface area contributed by atoms with E-state index in [1.54, 1.807) is 18.3 Å². The summed E-state index contributed by atoms with van der Waals surface area (Å²) >= 11 is 5.83. The molecule has 0 amide bonds. The molecule has 1 aliphatic rings. The van der Waals surface area contributed by atoms with Crippen LogP contribution in [0.3, 0.4) is 0 Å². The number of carboxylic acid groups (broad SMARTS) is 1. The Labute approximate surface area is 209 Å². The lowest BCUT2D eigenvalue weighted by molar-refractivity contribution is 0.0697. The van der Waals surface area contributed by atoms with Gasteiger partial charge in [-0.3, -0.25) is 4.98 Å². The number of para-hydroxylation sites is 1. The average Bonchev–Trinajstić information content (AvgIpc) is 3.35. The van der Waals surface area contributed by atoms with E-state index in [2.05, 4.69) is 44.9 Å². The lowest BCUT2D eigenvalue weighted by Gasteiger charge is -2.28. The summed E-state index contributed by atoms with van der Waals surface area (Å²) in [5.41, 5.74) is 7.20. The van der Waals surface area contributed by atoms with E-state index in [-0.39, 0.29) is 17.6 Å². The van der Waals surface area contributed by atoms with Crippen LogP contribution in [0.25, 0.3) is 5.69 Å². The van der Waals surface area contributed by atoms with Gasteiger partial charge in [-0.1, -0.05) is 30.3 Å². The summed E-state index contributed by atoms with van der Waals surface area (Å²) in [7, 11) is 0. The van der Waals surface area contributed by atoms with Gasteiger partial charge < -0.3 is 19.9 Å². The number of rotatable bonds is 5. The topological polar surface area (TPSA) is 70.4 Å². The van der Waals surface area contributed by atoms with Crippen molar-refractivity contribution in [1.29, 1.82) is 0 Å². The molecule has 1 fully saturated rings. The summed E-state index contributed by atoms with van der Waals surface area (Å²) in [6.07, 6.45) is 1.80. The van der Waals surface area contributed by atoms with Crippen molar-refractivity contribution in [1.82, 2.24) is 14.9 Å². The summed E-state index contributed by atoms with van der Waals surface area (Å²) in [5.74, 6) is -0.940. The Morgan fingerprint density at radius 1 is 1.00 bits per heavy atom. The van der Waals surface area contributed by atoms with Crippen molar-refractivity contribution in [2.24, 2.45) is 0 Å². The van der Waals surface area contributed by atoms with Crippen molar-refractivity contribution in [2.45, 2.75) is 32.9 Å². The predicted molar refractivity (Wildman–Crippen MR) is 141 cm³/mol. The number of thiocarbonyl (C=S) groups is 1. The number of pyridine rings is 1. The van der Waals surface area contributed by atoms with Crippen molar-refractivity contribution in [3.8, 4) is 5.69 Å². The second kappa shape index (κ2) is 9.00. The molecule has 1 aliphatic heterocycles. The maximum Gasteiger partial charge on any atom is 0.335 e. The molecule has 0 unspecified atom stereocenters. The first-order chi connectivity index (χ1) is 16.9. The number of carbonyl (C=O) groups is 1. The minimum atomic E-state index is -0.940. The monoisotopic (exact) mass is 482 g/mol. The number of nitrogens with one attached hydrogen (secondary N) is 1. The molecule has 1 saturated heterocycles. The highest BCUT2D eigenvalue weighted by Gasteiger charge is 2.42. The van der Waals surface area contributed by atoms with Gasteiger partial charge >= 0.3 is 5.97 Å². The largest absolute Gasteiger partial charge is 0.478 e. The molecule has 176 valence electrons. The Bertz CT molecular complexity index is 1420. The maximum absolute atomic E-state index is 11.7. The van der Waals surface area contributed by atoms with Crippen LogP contribution in [0.15, 0.2) is 79.0 Å². The SMILES string of the molecule is Cc1ccc(C(=O)O)cc1-n1c(C)cc([C@H]2[C@@H](c3ccccn3)NC(=S)N2c2ccccc2)c1C. The Balaban J connectivity index is 1.70. The average molecular weight is 483 g/mol. The van der Waals surface area contributed by atoms with Crippen molar-refractivity contribution >= 4 is 29.0 Å². The molecular weight excluding hydrogens is 456 g/mol. The lowest BCUT2D eigenvalue weighted by Crippen LogP contribution is -2.29. The van der Waals surface area contributed by atoms with Gasteiger partial charge in [0.05, 0.1) is 23.3 Å². The number of aromatic nitrogens is 2. The lowest BCUT2D eigenvalue weighted by atomic mass is 9.96. The van der Waals surface area contributed by atoms with E-state index >= 15 is 0 Å². The second-order valence-corrected chi connectivity index (χ2v) is 9.19. The van der Waals surface area contributed by atoms with Gasteiger partial charge in [-0.05, 0) is 86.6 Å². The molecule has 2 atom stereocenters. The molecule has 3 heterocycles. The van der Waals surface area contributed by atoms with Gasteiger partial charge in [-0.15, -0.1) is 0 Å². The molecule has 0 radical (unpaired) electrons. The maximum atomic E-state index is 11.7. The Morgan fingerprint density at radius 2 is 1.74 bits per heavy atom. The van der Waals surface area contributed by atoms with Crippen LogP contribution in [0.5, 0.6) is 0 Å². The molecule has 6 nitrogen and oxygen atoms in total. The highest BCUT2D eigenvalue weighted by atomic mass is 32.1. The zero-order chi connectivity index (χ0) is 24.7. The van der Waals surface area contributed by atoms with E-state index in [9.17, 15) is 9.90 Å². The molecule has 35 heavy (non-hydrogen) atoms. The van der Waals surface area contributed by atoms with E-state index < -0.39 is 5.97 Å². The quantitative estimate of drug-likeness (QED) is 0.357. The summed E-state index contributed by atoms with van der Waals surface area (Å²) in [6, 6.07) is 23.2. The molecule has 5 rings (SSSR count). The number of anilines is 1. The summed E-state index contributed by atoms with van der Waals surface area (Å²) in [4.78, 5) is 18.5. The number of nitrogens with zero attached hydrogens (tertiary/aromatic N) is 3. The van der Waals surface area contributed by atoms with E-state index in [1.807, 2.05) is 56.3 Å². The van der Waals surface area contributed by atoms with Crippen LogP contribution in [0.4, 0.5) is 5.69 Å². The zero-order valence-electron chi connectivity index (χ0n) is 19.8. The normalized spacial score (nSPS) is 17.5. The Hall–Kier alpha value is -3.97. The van der Waals surface area contributed by atoms with Crippen LogP contribution in [0.1, 0.15) is 50.7 Å². The molecule has 2 N–H and O–H groups in total. The molecule has 0 saturated carbocycles. The highest BCUT2D eigenvalue weighted by Crippen LogP contribution is 2.43. The Kier molecular flexibility index (Phi) is 5.86. The van der Waals surface area contributed by atoms with E-state index in [4.69, 9.17) is 12.2 Å². The molecule has 2 aromatic carbocycles. The number of carboxylic acids is 1. The third kappa shape index (κ3) is 3.98. The number of benzene rings is 2. The van der Waals surface area contributed by atoms with E-state index in [1.165, 1.54) is 0 Å². The van der Waals surface area contributed by atoms with Gasteiger partial charge in [0.2, 0.25) is 0 Å². The first kappa shape index (κ1) is 22.8. The van der Waals surface area contributed by atoms with Crippen LogP contribution in [-0.4, -0.2) is 25.7 Å². The van der Waals surface area contributed by atoms with Gasteiger partial charge in [-0.2, -0.15) is 0 Å². The third-order valence-electron chi connectivity index (χ3n) is 6.62.